The van der Waals surface area contributed by atoms with Crippen LogP contribution in [0, 0.1) is 13.8 Å². The van der Waals surface area contributed by atoms with Crippen molar-refractivity contribution in [3.8, 4) is 0 Å². The lowest BCUT2D eigenvalue weighted by Gasteiger charge is -2.35. The van der Waals surface area contributed by atoms with Crippen LogP contribution >= 0.6 is 0 Å². The fourth-order valence-electron chi connectivity index (χ4n) is 3.62. The Morgan fingerprint density at radius 3 is 2.52 bits per heavy atom. The van der Waals surface area contributed by atoms with E-state index in [9.17, 15) is 9.59 Å². The van der Waals surface area contributed by atoms with E-state index in [0.717, 1.165) is 37.1 Å². The van der Waals surface area contributed by atoms with Gasteiger partial charge >= 0.3 is 5.97 Å². The number of carbonyl (C=O) groups excluding carboxylic acids is 2. The fourth-order valence-corrected chi connectivity index (χ4v) is 3.62. The van der Waals surface area contributed by atoms with Crippen molar-refractivity contribution in [2.75, 3.05) is 13.2 Å². The lowest BCUT2D eigenvalue weighted by molar-refractivity contribution is 0.0514. The minimum Gasteiger partial charge on any atom is -0.461 e. The number of hydrogen-bond acceptors (Lipinski definition) is 3. The van der Waals surface area contributed by atoms with Crippen LogP contribution in [0.2, 0.25) is 0 Å². The van der Waals surface area contributed by atoms with Crippen LogP contribution in [-0.4, -0.2) is 40.5 Å². The molecule has 0 bridgehead atoms. The van der Waals surface area contributed by atoms with Crippen LogP contribution in [0.25, 0.3) is 0 Å². The van der Waals surface area contributed by atoms with Gasteiger partial charge in [-0.15, -0.1) is 0 Å². The van der Waals surface area contributed by atoms with Gasteiger partial charge in [0.25, 0.3) is 5.91 Å². The molecule has 0 N–H and O–H groups in total. The Hall–Kier alpha value is -1.78. The molecule has 23 heavy (non-hydrogen) atoms. The topological polar surface area (TPSA) is 51.5 Å². The number of aromatic nitrogens is 1. The second kappa shape index (κ2) is 7.20. The average Bonchev–Trinajstić information content (AvgIpc) is 2.76. The number of nitrogens with zero attached hydrogens (tertiary/aromatic N) is 2. The van der Waals surface area contributed by atoms with Gasteiger partial charge in [-0.2, -0.15) is 0 Å². The molecule has 1 saturated heterocycles. The molecule has 5 heteroatoms. The number of piperidine rings is 1. The summed E-state index contributed by atoms with van der Waals surface area (Å²) >= 11 is 0. The van der Waals surface area contributed by atoms with Gasteiger partial charge in [-0.25, -0.2) is 4.79 Å². The monoisotopic (exact) mass is 320 g/mol. The molecule has 0 aromatic carbocycles. The molecule has 0 saturated carbocycles. The first-order valence-electron chi connectivity index (χ1n) is 8.57. The highest BCUT2D eigenvalue weighted by Crippen LogP contribution is 2.27. The average molecular weight is 320 g/mol. The molecule has 128 valence electrons. The number of amides is 1. The molecule has 5 nitrogen and oxygen atoms in total. The minimum atomic E-state index is -0.361. The van der Waals surface area contributed by atoms with E-state index in [1.54, 1.807) is 11.5 Å². The molecule has 0 spiro atoms. The van der Waals surface area contributed by atoms with E-state index in [4.69, 9.17) is 4.74 Å². The quantitative estimate of drug-likeness (QED) is 0.800. The molecule has 0 radical (unpaired) electrons. The first kappa shape index (κ1) is 17.6. The molecule has 1 aliphatic heterocycles. The Labute approximate surface area is 138 Å². The van der Waals surface area contributed by atoms with Crippen LogP contribution in [-0.2, 0) is 11.8 Å². The van der Waals surface area contributed by atoms with E-state index in [1.807, 2.05) is 25.8 Å². The van der Waals surface area contributed by atoms with E-state index in [1.165, 1.54) is 6.42 Å². The number of esters is 1. The summed E-state index contributed by atoms with van der Waals surface area (Å²) in [5.74, 6) is -0.307. The van der Waals surface area contributed by atoms with Crippen molar-refractivity contribution in [1.82, 2.24) is 9.47 Å². The minimum absolute atomic E-state index is 0.0534. The molecule has 2 rings (SSSR count). The highest BCUT2D eigenvalue weighted by molar-refractivity contribution is 6.01. The highest BCUT2D eigenvalue weighted by atomic mass is 16.5. The van der Waals surface area contributed by atoms with Crippen molar-refractivity contribution in [3.05, 3.63) is 22.5 Å². The predicted molar refractivity (Wildman–Crippen MR) is 89.8 cm³/mol. The lowest BCUT2D eigenvalue weighted by atomic mass is 9.98. The van der Waals surface area contributed by atoms with Gasteiger partial charge < -0.3 is 14.2 Å². The maximum absolute atomic E-state index is 13.1. The molecule has 1 aromatic heterocycles. The van der Waals surface area contributed by atoms with Crippen LogP contribution in [0.5, 0.6) is 0 Å². The van der Waals surface area contributed by atoms with Gasteiger partial charge in [-0.3, -0.25) is 4.79 Å². The normalized spacial score (nSPS) is 18.1. The first-order valence-corrected chi connectivity index (χ1v) is 8.57. The summed E-state index contributed by atoms with van der Waals surface area (Å²) in [5.41, 5.74) is 2.71. The second-order valence-corrected chi connectivity index (χ2v) is 6.27. The molecule has 0 aliphatic carbocycles. The highest BCUT2D eigenvalue weighted by Gasteiger charge is 2.32. The van der Waals surface area contributed by atoms with Crippen LogP contribution in [0.1, 0.15) is 71.6 Å². The Morgan fingerprint density at radius 1 is 1.22 bits per heavy atom. The van der Waals surface area contributed by atoms with Crippen molar-refractivity contribution >= 4 is 11.9 Å². The third-order valence-corrected chi connectivity index (χ3v) is 4.97. The lowest BCUT2D eigenvalue weighted by Crippen LogP contribution is -2.43. The van der Waals surface area contributed by atoms with E-state index < -0.39 is 0 Å². The van der Waals surface area contributed by atoms with Crippen molar-refractivity contribution < 1.29 is 14.3 Å². The summed E-state index contributed by atoms with van der Waals surface area (Å²) in [6.45, 7) is 8.79. The zero-order valence-electron chi connectivity index (χ0n) is 14.9. The zero-order valence-corrected chi connectivity index (χ0v) is 14.9. The van der Waals surface area contributed by atoms with Crippen molar-refractivity contribution in [2.24, 2.45) is 7.05 Å². The first-order chi connectivity index (χ1) is 10.9. The number of rotatable bonds is 4. The summed E-state index contributed by atoms with van der Waals surface area (Å²) in [6.07, 6.45) is 4.28. The number of likely N-dealkylation sites (tertiary alicyclic amines) is 1. The number of carbonyl (C=O) groups is 2. The molecule has 1 amide bonds. The van der Waals surface area contributed by atoms with Crippen molar-refractivity contribution in [2.45, 2.75) is 59.4 Å². The summed E-state index contributed by atoms with van der Waals surface area (Å²) in [6, 6.07) is 0.307. The van der Waals surface area contributed by atoms with Gasteiger partial charge in [0.15, 0.2) is 0 Å². The third-order valence-electron chi connectivity index (χ3n) is 4.97. The van der Waals surface area contributed by atoms with Gasteiger partial charge in [0.2, 0.25) is 0 Å². The van der Waals surface area contributed by atoms with Crippen LogP contribution < -0.4 is 0 Å². The summed E-state index contributed by atoms with van der Waals surface area (Å²) in [7, 11) is 1.82. The zero-order chi connectivity index (χ0) is 17.1. The SMILES string of the molecule is CCOC(=O)c1c(C)c(C(=O)N2CCCCC2CC)c(C)n1C. The molecular weight excluding hydrogens is 292 g/mol. The number of ether oxygens (including phenoxy) is 1. The van der Waals surface area contributed by atoms with E-state index in [-0.39, 0.29) is 11.9 Å². The van der Waals surface area contributed by atoms with Crippen molar-refractivity contribution in [3.63, 3.8) is 0 Å². The molecule has 1 aromatic rings. The second-order valence-electron chi connectivity index (χ2n) is 6.27. The van der Waals surface area contributed by atoms with E-state index >= 15 is 0 Å². The van der Waals surface area contributed by atoms with Gasteiger partial charge in [0.1, 0.15) is 5.69 Å². The molecule has 1 atom stereocenters. The Balaban J connectivity index is 2.41. The van der Waals surface area contributed by atoms with Gasteiger partial charge in [-0.05, 0) is 52.0 Å². The van der Waals surface area contributed by atoms with E-state index in [0.29, 0.717) is 23.9 Å². The summed E-state index contributed by atoms with van der Waals surface area (Å²) in [4.78, 5) is 27.3. The predicted octanol–water partition coefficient (Wildman–Crippen LogP) is 3.22. The van der Waals surface area contributed by atoms with Gasteiger partial charge in [0.05, 0.1) is 12.2 Å². The van der Waals surface area contributed by atoms with Gasteiger partial charge in [-0.1, -0.05) is 6.92 Å². The number of hydrogen-bond donors (Lipinski definition) is 0. The standard InChI is InChI=1S/C18H28N2O3/c1-6-14-10-8-9-11-20(14)17(21)15-12(3)16(18(22)23-7-2)19(5)13(15)4/h14H,6-11H2,1-5H3. The summed E-state index contributed by atoms with van der Waals surface area (Å²) in [5, 5.41) is 0. The van der Waals surface area contributed by atoms with E-state index in [2.05, 4.69) is 6.92 Å². The summed E-state index contributed by atoms with van der Waals surface area (Å²) < 4.78 is 6.92. The maximum Gasteiger partial charge on any atom is 0.355 e. The third kappa shape index (κ3) is 3.14. The van der Waals surface area contributed by atoms with Crippen LogP contribution in [0.15, 0.2) is 0 Å². The molecule has 2 heterocycles. The molecule has 1 aliphatic rings. The van der Waals surface area contributed by atoms with Gasteiger partial charge in [0, 0.05) is 25.3 Å². The smallest absolute Gasteiger partial charge is 0.355 e. The van der Waals surface area contributed by atoms with Crippen molar-refractivity contribution in [1.29, 1.82) is 0 Å². The van der Waals surface area contributed by atoms with Crippen LogP contribution in [0.4, 0.5) is 0 Å². The molecular formula is C18H28N2O3. The molecule has 1 unspecified atom stereocenters. The molecule has 1 fully saturated rings. The largest absolute Gasteiger partial charge is 0.461 e. The Bertz CT molecular complexity index is 604. The Kier molecular flexibility index (Phi) is 5.50. The maximum atomic E-state index is 13.1. The fraction of sp³-hybridized carbons (Fsp3) is 0.667. The van der Waals surface area contributed by atoms with Crippen LogP contribution in [0.3, 0.4) is 0 Å². The Morgan fingerprint density at radius 2 is 1.91 bits per heavy atom.